The second kappa shape index (κ2) is 3.55. The number of hydrogen-bond donors (Lipinski definition) is 1. The number of fused-ring (bicyclic) bond motifs is 1. The van der Waals surface area contributed by atoms with E-state index in [1.165, 1.54) is 13.1 Å². The van der Waals surface area contributed by atoms with Crippen molar-refractivity contribution < 1.29 is 26.2 Å². The summed E-state index contributed by atoms with van der Waals surface area (Å²) in [6.07, 6.45) is 0. The van der Waals surface area contributed by atoms with Crippen LogP contribution in [0.1, 0.15) is 6.92 Å². The van der Waals surface area contributed by atoms with E-state index in [-0.39, 0.29) is 21.1 Å². The van der Waals surface area contributed by atoms with Crippen molar-refractivity contribution in [1.82, 2.24) is 4.90 Å². The molecule has 1 saturated heterocycles. The Morgan fingerprint density at radius 1 is 1.36 bits per heavy atom. The van der Waals surface area contributed by atoms with E-state index in [0.717, 1.165) is 24.3 Å². The molecule has 1 heterocycles. The SMILES string of the molecule is CC1C2CN(CCO)CC12.[W]. The monoisotopic (exact) mass is 325 g/mol. The number of piperidine rings is 1. The zero-order valence-corrected chi connectivity index (χ0v) is 9.80. The van der Waals surface area contributed by atoms with Gasteiger partial charge in [-0.25, -0.2) is 0 Å². The molecule has 0 aromatic heterocycles. The summed E-state index contributed by atoms with van der Waals surface area (Å²) in [4.78, 5) is 2.37. The van der Waals surface area contributed by atoms with Crippen LogP contribution in [0.2, 0.25) is 0 Å². The molecule has 2 rings (SSSR count). The number of aliphatic hydroxyl groups is 1. The van der Waals surface area contributed by atoms with Crippen LogP contribution < -0.4 is 0 Å². The van der Waals surface area contributed by atoms with Crippen LogP contribution in [0.15, 0.2) is 0 Å². The molecule has 0 radical (unpaired) electrons. The van der Waals surface area contributed by atoms with Crippen LogP contribution in [0.5, 0.6) is 0 Å². The van der Waals surface area contributed by atoms with Gasteiger partial charge in [0.25, 0.3) is 0 Å². The molecule has 2 fully saturated rings. The number of β-amino-alcohol motifs (C(OH)–C–C–N with tert-alkyl or cyclic N) is 1. The van der Waals surface area contributed by atoms with Crippen molar-refractivity contribution in [2.75, 3.05) is 26.2 Å². The summed E-state index contributed by atoms with van der Waals surface area (Å²) in [5.41, 5.74) is 0. The number of rotatable bonds is 2. The summed E-state index contributed by atoms with van der Waals surface area (Å²) in [5.74, 6) is 2.94. The maximum Gasteiger partial charge on any atom is 0.0558 e. The molecular weight excluding hydrogens is 310 g/mol. The topological polar surface area (TPSA) is 23.5 Å². The van der Waals surface area contributed by atoms with Crippen LogP contribution in [0.25, 0.3) is 0 Å². The fourth-order valence-electron chi connectivity index (χ4n) is 2.23. The zero-order chi connectivity index (χ0) is 7.14. The van der Waals surface area contributed by atoms with Gasteiger partial charge in [-0.2, -0.15) is 0 Å². The van der Waals surface area contributed by atoms with Gasteiger partial charge >= 0.3 is 0 Å². The third-order valence-corrected chi connectivity index (χ3v) is 3.11. The van der Waals surface area contributed by atoms with Crippen molar-refractivity contribution in [3.05, 3.63) is 0 Å². The Morgan fingerprint density at radius 3 is 2.36 bits per heavy atom. The Kier molecular flexibility index (Phi) is 3.13. The van der Waals surface area contributed by atoms with Gasteiger partial charge < -0.3 is 10.0 Å². The number of likely N-dealkylation sites (tertiary alicyclic amines) is 1. The van der Waals surface area contributed by atoms with Gasteiger partial charge in [0, 0.05) is 40.7 Å². The Hall–Kier alpha value is 0.608. The minimum absolute atomic E-state index is 0. The predicted molar refractivity (Wildman–Crippen MR) is 39.7 cm³/mol. The summed E-state index contributed by atoms with van der Waals surface area (Å²) < 4.78 is 0. The summed E-state index contributed by atoms with van der Waals surface area (Å²) >= 11 is 0. The molecule has 1 saturated carbocycles. The molecule has 0 bridgehead atoms. The molecule has 3 heteroatoms. The number of aliphatic hydroxyl groups excluding tert-OH is 1. The summed E-state index contributed by atoms with van der Waals surface area (Å²) in [7, 11) is 0. The first-order valence-electron chi connectivity index (χ1n) is 4.16. The van der Waals surface area contributed by atoms with Crippen LogP contribution in [-0.4, -0.2) is 36.2 Å². The molecule has 1 N–H and O–H groups in total. The average molecular weight is 325 g/mol. The largest absolute Gasteiger partial charge is 0.395 e. The van der Waals surface area contributed by atoms with Gasteiger partial charge in [0.15, 0.2) is 0 Å². The van der Waals surface area contributed by atoms with Gasteiger partial charge in [-0.15, -0.1) is 0 Å². The molecule has 0 spiro atoms. The molecule has 0 aromatic rings. The average Bonchev–Trinajstić information content (AvgIpc) is 2.44. The van der Waals surface area contributed by atoms with E-state index in [4.69, 9.17) is 5.11 Å². The molecule has 64 valence electrons. The minimum Gasteiger partial charge on any atom is -0.395 e. The Morgan fingerprint density at radius 2 is 1.91 bits per heavy atom. The second-order valence-corrected chi connectivity index (χ2v) is 3.67. The van der Waals surface area contributed by atoms with Crippen LogP contribution in [0.4, 0.5) is 0 Å². The molecule has 2 nitrogen and oxygen atoms in total. The van der Waals surface area contributed by atoms with Crippen molar-refractivity contribution in [3.8, 4) is 0 Å². The van der Waals surface area contributed by atoms with Gasteiger partial charge in [-0.3, -0.25) is 0 Å². The number of nitrogens with zero attached hydrogens (tertiary/aromatic N) is 1. The summed E-state index contributed by atoms with van der Waals surface area (Å²) in [6, 6.07) is 0. The van der Waals surface area contributed by atoms with Gasteiger partial charge in [0.1, 0.15) is 0 Å². The van der Waals surface area contributed by atoms with E-state index in [2.05, 4.69) is 11.8 Å². The van der Waals surface area contributed by atoms with Crippen LogP contribution in [-0.2, 0) is 21.1 Å². The van der Waals surface area contributed by atoms with Crippen molar-refractivity contribution in [3.63, 3.8) is 0 Å². The maximum absolute atomic E-state index is 8.65. The molecule has 2 aliphatic rings. The second-order valence-electron chi connectivity index (χ2n) is 3.67. The molecule has 1 aliphatic heterocycles. The van der Waals surface area contributed by atoms with Crippen molar-refractivity contribution >= 4 is 0 Å². The molecule has 0 aromatic carbocycles. The number of hydrogen-bond acceptors (Lipinski definition) is 2. The fraction of sp³-hybridized carbons (Fsp3) is 1.00. The minimum atomic E-state index is 0. The van der Waals surface area contributed by atoms with Crippen molar-refractivity contribution in [2.45, 2.75) is 6.92 Å². The quantitative estimate of drug-likeness (QED) is 0.783. The zero-order valence-electron chi connectivity index (χ0n) is 6.86. The first kappa shape index (κ1) is 9.69. The van der Waals surface area contributed by atoms with Gasteiger partial charge in [-0.05, 0) is 17.8 Å². The standard InChI is InChI=1S/C8H15NO.W/c1-6-7-4-9(2-3-10)5-8(6)7;/h6-8,10H,2-5H2,1H3;. The van der Waals surface area contributed by atoms with Gasteiger partial charge in [0.05, 0.1) is 6.61 Å². The van der Waals surface area contributed by atoms with E-state index < -0.39 is 0 Å². The van der Waals surface area contributed by atoms with Crippen LogP contribution in [0.3, 0.4) is 0 Å². The first-order valence-corrected chi connectivity index (χ1v) is 4.16. The molecule has 0 amide bonds. The third kappa shape index (κ3) is 1.68. The van der Waals surface area contributed by atoms with Gasteiger partial charge in [-0.1, -0.05) is 6.92 Å². The Labute approximate surface area is 82.2 Å². The fourth-order valence-corrected chi connectivity index (χ4v) is 2.23. The third-order valence-electron chi connectivity index (χ3n) is 3.11. The van der Waals surface area contributed by atoms with E-state index in [1.54, 1.807) is 0 Å². The van der Waals surface area contributed by atoms with E-state index in [9.17, 15) is 0 Å². The molecule has 11 heavy (non-hydrogen) atoms. The normalized spacial score (nSPS) is 41.5. The Balaban J connectivity index is 0.000000605. The van der Waals surface area contributed by atoms with Crippen molar-refractivity contribution in [2.24, 2.45) is 17.8 Å². The van der Waals surface area contributed by atoms with E-state index in [0.29, 0.717) is 6.61 Å². The summed E-state index contributed by atoms with van der Waals surface area (Å²) in [6.45, 7) is 6.04. The van der Waals surface area contributed by atoms with Crippen LogP contribution >= 0.6 is 0 Å². The molecule has 2 atom stereocenters. The van der Waals surface area contributed by atoms with E-state index in [1.807, 2.05) is 0 Å². The first-order chi connectivity index (χ1) is 4.83. The predicted octanol–water partition coefficient (Wildman–Crippen LogP) is 0.174. The van der Waals surface area contributed by atoms with Crippen LogP contribution in [0, 0.1) is 17.8 Å². The van der Waals surface area contributed by atoms with E-state index >= 15 is 0 Å². The molecular formula is C8H15NOW. The van der Waals surface area contributed by atoms with Gasteiger partial charge in [0.2, 0.25) is 0 Å². The smallest absolute Gasteiger partial charge is 0.0558 e. The summed E-state index contributed by atoms with van der Waals surface area (Å²) in [5, 5.41) is 8.65. The van der Waals surface area contributed by atoms with Crippen molar-refractivity contribution in [1.29, 1.82) is 0 Å². The molecule has 1 aliphatic carbocycles. The maximum atomic E-state index is 8.65. The Bertz CT molecular complexity index is 130. The molecule has 2 unspecified atom stereocenters.